The first kappa shape index (κ1) is 34.0. The van der Waals surface area contributed by atoms with Gasteiger partial charge >= 0.3 is 6.09 Å². The standard InChI is InChI=1S/C35H42ClN3O9S/c1-34(2)32(40)37-49(42,43)25-7-10-30-28(19-25)39(21-35(22-46-30)11-15-45-31-18-24(36)6-9-27(31)35)20-23-5-8-26(23)29(4-3-14-47-34)48-33(41)38-12-16-44-17-13-38/h3-4,6-7,9-10,18-19,23,26,29H,5,8,11-17,20-22H2,1-2H3,(H,37,40)/t23-,26+,29-,35-/m0/s1. The molecule has 5 aliphatic rings. The number of benzene rings is 2. The average molecular weight is 716 g/mol. The van der Waals surface area contributed by atoms with E-state index in [1.807, 2.05) is 24.3 Å². The molecular weight excluding hydrogens is 674 g/mol. The number of anilines is 1. The third-order valence-electron chi connectivity index (χ3n) is 10.4. The number of morpholine rings is 1. The van der Waals surface area contributed by atoms with E-state index in [1.54, 1.807) is 23.1 Å². The Morgan fingerprint density at radius 1 is 1.04 bits per heavy atom. The van der Waals surface area contributed by atoms with Gasteiger partial charge in [0.2, 0.25) is 0 Å². The molecule has 0 aromatic heterocycles. The van der Waals surface area contributed by atoms with Crippen molar-refractivity contribution < 1.29 is 41.7 Å². The van der Waals surface area contributed by atoms with Crippen LogP contribution in [0, 0.1) is 11.8 Å². The van der Waals surface area contributed by atoms with Gasteiger partial charge in [0.15, 0.2) is 0 Å². The first-order valence-corrected chi connectivity index (χ1v) is 18.7. The number of amides is 2. The van der Waals surface area contributed by atoms with Gasteiger partial charge in [0.05, 0.1) is 49.0 Å². The Morgan fingerprint density at radius 2 is 1.86 bits per heavy atom. The van der Waals surface area contributed by atoms with Crippen molar-refractivity contribution in [3.8, 4) is 11.5 Å². The summed E-state index contributed by atoms with van der Waals surface area (Å²) >= 11 is 6.35. The number of fused-ring (bicyclic) bond motifs is 4. The number of halogens is 1. The van der Waals surface area contributed by atoms with Crippen LogP contribution in [0.4, 0.5) is 10.5 Å². The van der Waals surface area contributed by atoms with E-state index in [1.165, 1.54) is 19.9 Å². The fourth-order valence-corrected chi connectivity index (χ4v) is 8.61. The largest absolute Gasteiger partial charge is 0.493 e. The Morgan fingerprint density at radius 3 is 2.63 bits per heavy atom. The summed E-state index contributed by atoms with van der Waals surface area (Å²) in [5, 5.41) is 0.576. The van der Waals surface area contributed by atoms with E-state index >= 15 is 0 Å². The lowest BCUT2D eigenvalue weighted by Crippen LogP contribution is -2.51. The molecule has 0 radical (unpaired) electrons. The van der Waals surface area contributed by atoms with E-state index in [2.05, 4.69) is 9.62 Å². The van der Waals surface area contributed by atoms with Crippen LogP contribution in [0.5, 0.6) is 11.5 Å². The van der Waals surface area contributed by atoms with Gasteiger partial charge < -0.3 is 33.5 Å². The summed E-state index contributed by atoms with van der Waals surface area (Å²) in [7, 11) is -4.26. The van der Waals surface area contributed by atoms with E-state index in [0.29, 0.717) is 81.2 Å². The minimum atomic E-state index is -4.26. The van der Waals surface area contributed by atoms with Crippen LogP contribution >= 0.6 is 11.6 Å². The number of nitrogens with zero attached hydrogens (tertiary/aromatic N) is 2. The summed E-state index contributed by atoms with van der Waals surface area (Å²) in [5.74, 6) is 0.564. The molecule has 1 saturated heterocycles. The molecule has 1 N–H and O–H groups in total. The van der Waals surface area contributed by atoms with Crippen molar-refractivity contribution in [1.82, 2.24) is 9.62 Å². The molecule has 49 heavy (non-hydrogen) atoms. The number of nitrogens with one attached hydrogen (secondary N) is 1. The Kier molecular flexibility index (Phi) is 9.22. The quantitative estimate of drug-likeness (QED) is 0.427. The fourth-order valence-electron chi connectivity index (χ4n) is 7.33. The van der Waals surface area contributed by atoms with Gasteiger partial charge in [-0.05, 0) is 75.4 Å². The first-order chi connectivity index (χ1) is 23.4. The SMILES string of the molecule is CC1(C)OCC=C[C@H](OC(=O)N2CCOCC2)[C@@H]2CC[C@H]2CN2C[C@@]3(CCOc4cc(Cl)ccc43)COc3ccc(cc32)S(=O)(=O)NC1=O. The molecule has 2 bridgehead atoms. The maximum absolute atomic E-state index is 13.6. The minimum absolute atomic E-state index is 0.00160. The Balaban J connectivity index is 1.28. The number of hydrogen-bond donors (Lipinski definition) is 1. The second-order valence-corrected chi connectivity index (χ2v) is 16.1. The van der Waals surface area contributed by atoms with E-state index in [4.69, 9.17) is 35.3 Å². The number of sulfonamides is 1. The molecule has 264 valence electrons. The zero-order valence-corrected chi connectivity index (χ0v) is 29.3. The summed E-state index contributed by atoms with van der Waals surface area (Å²) < 4.78 is 59.4. The van der Waals surface area contributed by atoms with Crippen LogP contribution in [0.25, 0.3) is 0 Å². The smallest absolute Gasteiger partial charge is 0.410 e. The topological polar surface area (TPSA) is 133 Å². The highest BCUT2D eigenvalue weighted by Crippen LogP contribution is 2.48. The van der Waals surface area contributed by atoms with Crippen molar-refractivity contribution in [3.05, 3.63) is 59.1 Å². The van der Waals surface area contributed by atoms with E-state index < -0.39 is 39.1 Å². The molecule has 4 aliphatic heterocycles. The van der Waals surface area contributed by atoms with Gasteiger partial charge in [-0.1, -0.05) is 23.7 Å². The van der Waals surface area contributed by atoms with Gasteiger partial charge in [-0.25, -0.2) is 17.9 Å². The van der Waals surface area contributed by atoms with Crippen molar-refractivity contribution >= 4 is 39.3 Å². The fraction of sp³-hybridized carbons (Fsp3) is 0.543. The normalized spacial score (nSPS) is 29.2. The first-order valence-electron chi connectivity index (χ1n) is 16.8. The second kappa shape index (κ2) is 13.3. The van der Waals surface area contributed by atoms with Gasteiger partial charge in [0.25, 0.3) is 15.9 Å². The highest BCUT2D eigenvalue weighted by molar-refractivity contribution is 7.90. The van der Waals surface area contributed by atoms with Crippen LogP contribution in [0.15, 0.2) is 53.4 Å². The van der Waals surface area contributed by atoms with Crippen molar-refractivity contribution in [3.63, 3.8) is 0 Å². The Bertz CT molecular complexity index is 1750. The number of ether oxygens (including phenoxy) is 5. The zero-order chi connectivity index (χ0) is 34.4. The summed E-state index contributed by atoms with van der Waals surface area (Å²) in [6.07, 6.45) is 5.08. The minimum Gasteiger partial charge on any atom is -0.493 e. The lowest BCUT2D eigenvalue weighted by atomic mass is 9.69. The average Bonchev–Trinajstić information content (AvgIpc) is 3.21. The highest BCUT2D eigenvalue weighted by atomic mass is 35.5. The molecule has 7 rings (SSSR count). The molecular formula is C35H42ClN3O9S. The van der Waals surface area contributed by atoms with Gasteiger partial charge in [-0.2, -0.15) is 0 Å². The molecule has 2 amide bonds. The Hall–Kier alpha value is -3.52. The zero-order valence-electron chi connectivity index (χ0n) is 27.7. The maximum atomic E-state index is 13.6. The lowest BCUT2D eigenvalue weighted by Gasteiger charge is -2.46. The van der Waals surface area contributed by atoms with Gasteiger partial charge in [-0.3, -0.25) is 4.79 Å². The molecule has 14 heteroatoms. The molecule has 4 atom stereocenters. The molecule has 2 aromatic rings. The molecule has 12 nitrogen and oxygen atoms in total. The molecule has 2 aromatic carbocycles. The van der Waals surface area contributed by atoms with Crippen LogP contribution in [0.1, 0.15) is 38.7 Å². The van der Waals surface area contributed by atoms with Crippen LogP contribution in [-0.2, 0) is 34.4 Å². The predicted octanol–water partition coefficient (Wildman–Crippen LogP) is 4.29. The summed E-state index contributed by atoms with van der Waals surface area (Å²) in [6, 6.07) is 10.3. The van der Waals surface area contributed by atoms with E-state index in [0.717, 1.165) is 18.4 Å². The maximum Gasteiger partial charge on any atom is 0.410 e. The van der Waals surface area contributed by atoms with Gasteiger partial charge in [-0.15, -0.1) is 0 Å². The predicted molar refractivity (Wildman–Crippen MR) is 181 cm³/mol. The highest BCUT2D eigenvalue weighted by Gasteiger charge is 2.46. The summed E-state index contributed by atoms with van der Waals surface area (Å²) in [4.78, 5) is 30.4. The molecule has 1 aliphatic carbocycles. The molecule has 1 saturated carbocycles. The van der Waals surface area contributed by atoms with Crippen LogP contribution in [0.3, 0.4) is 0 Å². The van der Waals surface area contributed by atoms with Crippen molar-refractivity contribution in [1.29, 1.82) is 0 Å². The second-order valence-electron chi connectivity index (χ2n) is 14.0. The van der Waals surface area contributed by atoms with Crippen molar-refractivity contribution in [2.75, 3.05) is 64.1 Å². The summed E-state index contributed by atoms with van der Waals surface area (Å²) in [5.41, 5.74) is -0.357. The lowest BCUT2D eigenvalue weighted by molar-refractivity contribution is -0.139. The third kappa shape index (κ3) is 6.82. The summed E-state index contributed by atoms with van der Waals surface area (Å²) in [6.45, 7) is 6.78. The number of rotatable bonds is 1. The monoisotopic (exact) mass is 715 g/mol. The number of carbonyl (C=O) groups excluding carboxylic acids is 2. The van der Waals surface area contributed by atoms with Gasteiger partial charge in [0, 0.05) is 42.7 Å². The number of hydrogen-bond acceptors (Lipinski definition) is 10. The molecule has 4 heterocycles. The molecule has 0 unspecified atom stereocenters. The Labute approximate surface area is 291 Å². The number of carbonyl (C=O) groups is 2. The van der Waals surface area contributed by atoms with E-state index in [-0.39, 0.29) is 23.3 Å². The van der Waals surface area contributed by atoms with Crippen LogP contribution < -0.4 is 19.1 Å². The van der Waals surface area contributed by atoms with Crippen LogP contribution in [-0.4, -0.2) is 96.2 Å². The van der Waals surface area contributed by atoms with Crippen molar-refractivity contribution in [2.24, 2.45) is 11.8 Å². The molecule has 2 fully saturated rings. The van der Waals surface area contributed by atoms with Gasteiger partial charge in [0.1, 0.15) is 23.2 Å². The third-order valence-corrected chi connectivity index (χ3v) is 12.0. The van der Waals surface area contributed by atoms with E-state index in [9.17, 15) is 18.0 Å². The van der Waals surface area contributed by atoms with Crippen molar-refractivity contribution in [2.45, 2.75) is 55.1 Å². The molecule has 1 spiro atoms. The van der Waals surface area contributed by atoms with Crippen LogP contribution in [0.2, 0.25) is 5.02 Å².